The Bertz CT molecular complexity index is 144. The van der Waals surface area contributed by atoms with Crippen LogP contribution < -0.4 is 0 Å². The van der Waals surface area contributed by atoms with E-state index in [1.165, 1.54) is 6.42 Å². The van der Waals surface area contributed by atoms with E-state index in [0.717, 1.165) is 0 Å². The zero-order valence-electron chi connectivity index (χ0n) is 10.3. The first kappa shape index (κ1) is 19.1. The Morgan fingerprint density at radius 2 is 1.29 bits per heavy atom. The average Bonchev–Trinajstić information content (AvgIpc) is 1.84. The van der Waals surface area contributed by atoms with Crippen molar-refractivity contribution in [3.8, 4) is 0 Å². The van der Waals surface area contributed by atoms with E-state index in [0.29, 0.717) is 5.41 Å². The highest BCUT2D eigenvalue weighted by Crippen LogP contribution is 2.33. The SMILES string of the molecule is C.C=CC.C=CC(C)(C)CC(C)(C)C. The van der Waals surface area contributed by atoms with Crippen LogP contribution in [0, 0.1) is 10.8 Å². The van der Waals surface area contributed by atoms with Crippen molar-refractivity contribution in [2.45, 2.75) is 55.4 Å². The van der Waals surface area contributed by atoms with Crippen molar-refractivity contribution in [2.24, 2.45) is 10.8 Å². The maximum atomic E-state index is 3.82. The van der Waals surface area contributed by atoms with Crippen LogP contribution in [0.1, 0.15) is 55.4 Å². The van der Waals surface area contributed by atoms with Crippen LogP contribution >= 0.6 is 0 Å². The Kier molecular flexibility index (Phi) is 10.7. The molecule has 0 aromatic rings. The Labute approximate surface area is 92.1 Å². The van der Waals surface area contributed by atoms with E-state index in [4.69, 9.17) is 0 Å². The van der Waals surface area contributed by atoms with Crippen molar-refractivity contribution in [1.82, 2.24) is 0 Å². The molecular formula is C14H30. The lowest BCUT2D eigenvalue weighted by Gasteiger charge is -2.29. The minimum Gasteiger partial charge on any atom is -0.103 e. The monoisotopic (exact) mass is 198 g/mol. The summed E-state index contributed by atoms with van der Waals surface area (Å²) in [6, 6.07) is 0. The summed E-state index contributed by atoms with van der Waals surface area (Å²) in [5.41, 5.74) is 0.704. The molecule has 0 spiro atoms. The Morgan fingerprint density at radius 3 is 1.36 bits per heavy atom. The molecule has 0 heterocycles. The van der Waals surface area contributed by atoms with E-state index in [9.17, 15) is 0 Å². The lowest BCUT2D eigenvalue weighted by atomic mass is 9.76. The summed E-state index contributed by atoms with van der Waals surface area (Å²) in [7, 11) is 0. The first-order chi connectivity index (χ1) is 5.68. The number of hydrogen-bond acceptors (Lipinski definition) is 0. The normalized spacial score (nSPS) is 10.4. The minimum atomic E-state index is 0. The fourth-order valence-corrected chi connectivity index (χ4v) is 1.44. The molecule has 0 aliphatic rings. The molecule has 0 saturated carbocycles. The maximum Gasteiger partial charge on any atom is -0.0173 e. The fourth-order valence-electron chi connectivity index (χ4n) is 1.44. The molecule has 0 aromatic carbocycles. The van der Waals surface area contributed by atoms with Crippen LogP contribution in [0.5, 0.6) is 0 Å². The maximum absolute atomic E-state index is 3.82. The Balaban J connectivity index is -0.000000267. The van der Waals surface area contributed by atoms with Gasteiger partial charge in [0.05, 0.1) is 0 Å². The quantitative estimate of drug-likeness (QED) is 0.517. The first-order valence-electron chi connectivity index (χ1n) is 4.89. The molecule has 0 amide bonds. The zero-order chi connectivity index (χ0) is 11.1. The van der Waals surface area contributed by atoms with Crippen LogP contribution in [-0.2, 0) is 0 Å². The van der Waals surface area contributed by atoms with Crippen molar-refractivity contribution in [3.63, 3.8) is 0 Å². The molecule has 0 bridgehead atoms. The molecule has 14 heavy (non-hydrogen) atoms. The molecule has 0 radical (unpaired) electrons. The summed E-state index contributed by atoms with van der Waals surface area (Å²) in [5.74, 6) is 0. The highest BCUT2D eigenvalue weighted by Gasteiger charge is 2.21. The molecule has 0 unspecified atom stereocenters. The lowest BCUT2D eigenvalue weighted by molar-refractivity contribution is 0.262. The second-order valence-electron chi connectivity index (χ2n) is 5.34. The highest BCUT2D eigenvalue weighted by molar-refractivity contribution is 4.90. The van der Waals surface area contributed by atoms with Gasteiger partial charge in [-0.2, -0.15) is 0 Å². The minimum absolute atomic E-state index is 0. The summed E-state index contributed by atoms with van der Waals surface area (Å²) < 4.78 is 0. The van der Waals surface area contributed by atoms with Gasteiger partial charge in [-0.25, -0.2) is 0 Å². The van der Waals surface area contributed by atoms with Gasteiger partial charge in [0.15, 0.2) is 0 Å². The van der Waals surface area contributed by atoms with E-state index in [1.54, 1.807) is 6.08 Å². The predicted octanol–water partition coefficient (Wildman–Crippen LogP) is 5.46. The molecule has 0 aliphatic heterocycles. The van der Waals surface area contributed by atoms with Crippen molar-refractivity contribution in [2.75, 3.05) is 0 Å². The van der Waals surface area contributed by atoms with Gasteiger partial charge < -0.3 is 0 Å². The van der Waals surface area contributed by atoms with Crippen LogP contribution in [0.25, 0.3) is 0 Å². The number of hydrogen-bond donors (Lipinski definition) is 0. The summed E-state index contributed by atoms with van der Waals surface area (Å²) in [6.07, 6.45) is 4.99. The van der Waals surface area contributed by atoms with E-state index in [2.05, 4.69) is 47.8 Å². The molecule has 0 aromatic heterocycles. The largest absolute Gasteiger partial charge is 0.103 e. The van der Waals surface area contributed by atoms with Gasteiger partial charge >= 0.3 is 0 Å². The van der Waals surface area contributed by atoms with Gasteiger partial charge in [-0.1, -0.05) is 54.2 Å². The topological polar surface area (TPSA) is 0 Å². The van der Waals surface area contributed by atoms with Gasteiger partial charge in [-0.05, 0) is 24.2 Å². The molecule has 0 heteroatoms. The molecule has 0 fully saturated rings. The molecule has 0 N–H and O–H groups in total. The summed E-state index contributed by atoms with van der Waals surface area (Å²) in [4.78, 5) is 0. The lowest BCUT2D eigenvalue weighted by Crippen LogP contribution is -2.17. The highest BCUT2D eigenvalue weighted by atomic mass is 14.3. The Hall–Kier alpha value is -0.520. The van der Waals surface area contributed by atoms with Crippen LogP contribution in [0.2, 0.25) is 0 Å². The molecule has 0 saturated heterocycles. The molecule has 0 aliphatic carbocycles. The van der Waals surface area contributed by atoms with Gasteiger partial charge in [0.2, 0.25) is 0 Å². The third-order valence-electron chi connectivity index (χ3n) is 1.54. The van der Waals surface area contributed by atoms with Crippen molar-refractivity contribution >= 4 is 0 Å². The van der Waals surface area contributed by atoms with E-state index < -0.39 is 0 Å². The van der Waals surface area contributed by atoms with Gasteiger partial charge in [-0.15, -0.1) is 13.2 Å². The molecule has 86 valence electrons. The number of allylic oxidation sites excluding steroid dienone is 2. The molecule has 0 rings (SSSR count). The third-order valence-corrected chi connectivity index (χ3v) is 1.54. The molecule has 0 nitrogen and oxygen atoms in total. The number of rotatable bonds is 2. The van der Waals surface area contributed by atoms with Crippen molar-refractivity contribution in [3.05, 3.63) is 25.3 Å². The van der Waals surface area contributed by atoms with Gasteiger partial charge in [0.1, 0.15) is 0 Å². The van der Waals surface area contributed by atoms with E-state index >= 15 is 0 Å². The van der Waals surface area contributed by atoms with Crippen molar-refractivity contribution < 1.29 is 0 Å². The van der Waals surface area contributed by atoms with Crippen LogP contribution in [-0.4, -0.2) is 0 Å². The van der Waals surface area contributed by atoms with Crippen molar-refractivity contribution in [1.29, 1.82) is 0 Å². The summed E-state index contributed by atoms with van der Waals surface area (Å²) in [5, 5.41) is 0. The molecular weight excluding hydrogens is 168 g/mol. The summed E-state index contributed by atoms with van der Waals surface area (Å²) in [6.45, 7) is 20.3. The van der Waals surface area contributed by atoms with Crippen LogP contribution in [0.3, 0.4) is 0 Å². The fraction of sp³-hybridized carbons (Fsp3) is 0.714. The van der Waals surface area contributed by atoms with E-state index in [1.807, 2.05) is 13.0 Å². The first-order valence-corrected chi connectivity index (χ1v) is 4.89. The van der Waals surface area contributed by atoms with E-state index in [-0.39, 0.29) is 12.8 Å². The average molecular weight is 198 g/mol. The van der Waals surface area contributed by atoms with Gasteiger partial charge in [0.25, 0.3) is 0 Å². The van der Waals surface area contributed by atoms with Crippen LogP contribution in [0.15, 0.2) is 25.3 Å². The van der Waals surface area contributed by atoms with Gasteiger partial charge in [-0.3, -0.25) is 0 Å². The summed E-state index contributed by atoms with van der Waals surface area (Å²) >= 11 is 0. The van der Waals surface area contributed by atoms with Gasteiger partial charge in [0, 0.05) is 0 Å². The predicted molar refractivity (Wildman–Crippen MR) is 70.7 cm³/mol. The molecule has 0 atom stereocenters. The zero-order valence-corrected chi connectivity index (χ0v) is 10.3. The van der Waals surface area contributed by atoms with Crippen LogP contribution in [0.4, 0.5) is 0 Å². The second kappa shape index (κ2) is 7.84. The second-order valence-corrected chi connectivity index (χ2v) is 5.34. The standard InChI is InChI=1S/C10H20.C3H6.CH4/c1-7-10(5,6)8-9(2,3)4;1-3-2;/h7H,1,8H2,2-6H3;3H,1H2,2H3;1H4. The Morgan fingerprint density at radius 1 is 1.00 bits per heavy atom. The third kappa shape index (κ3) is 17.5. The smallest absolute Gasteiger partial charge is 0.0173 e.